The Hall–Kier alpha value is -2.72. The van der Waals surface area contributed by atoms with E-state index in [0.29, 0.717) is 5.69 Å². The number of nitriles is 1. The average Bonchev–Trinajstić information content (AvgIpc) is 2.53. The number of amides is 1. The van der Waals surface area contributed by atoms with Gasteiger partial charge < -0.3 is 10.6 Å². The van der Waals surface area contributed by atoms with Gasteiger partial charge in [0, 0.05) is 5.69 Å². The molecule has 0 saturated carbocycles. The van der Waals surface area contributed by atoms with E-state index in [2.05, 4.69) is 10.6 Å². The van der Waals surface area contributed by atoms with Crippen molar-refractivity contribution in [2.45, 2.75) is 6.18 Å². The minimum atomic E-state index is -4.58. The molecule has 0 aliphatic heterocycles. The summed E-state index contributed by atoms with van der Waals surface area (Å²) in [6, 6.07) is 11.6. The van der Waals surface area contributed by atoms with Crippen molar-refractivity contribution in [3.8, 4) is 6.07 Å². The molecule has 0 unspecified atom stereocenters. The SMILES string of the molecule is N#Cc1ccccc1NC(=O)CNc1ccc(Cl)c(C(F)(F)F)c1. The number of nitrogens with zero attached hydrogens (tertiary/aromatic N) is 1. The van der Waals surface area contributed by atoms with Crippen LogP contribution in [0.4, 0.5) is 24.5 Å². The maximum Gasteiger partial charge on any atom is 0.417 e. The highest BCUT2D eigenvalue weighted by atomic mass is 35.5. The van der Waals surface area contributed by atoms with E-state index in [-0.39, 0.29) is 17.8 Å². The smallest absolute Gasteiger partial charge is 0.376 e. The average molecular weight is 354 g/mol. The van der Waals surface area contributed by atoms with Crippen LogP contribution in [0.1, 0.15) is 11.1 Å². The quantitative estimate of drug-likeness (QED) is 0.862. The molecule has 2 aromatic rings. The second kappa shape index (κ2) is 7.23. The Kier molecular flexibility index (Phi) is 5.31. The van der Waals surface area contributed by atoms with Crippen LogP contribution in [0.2, 0.25) is 5.02 Å². The van der Waals surface area contributed by atoms with Crippen LogP contribution < -0.4 is 10.6 Å². The topological polar surface area (TPSA) is 64.9 Å². The summed E-state index contributed by atoms with van der Waals surface area (Å²) < 4.78 is 38.3. The number of carbonyl (C=O) groups excluding carboxylic acids is 1. The number of rotatable bonds is 4. The van der Waals surface area contributed by atoms with Crippen LogP contribution >= 0.6 is 11.6 Å². The molecular formula is C16H11ClF3N3O. The highest BCUT2D eigenvalue weighted by molar-refractivity contribution is 6.31. The second-order valence-corrected chi connectivity index (χ2v) is 5.16. The summed E-state index contributed by atoms with van der Waals surface area (Å²) in [6.45, 7) is -0.265. The van der Waals surface area contributed by atoms with Crippen molar-refractivity contribution in [2.24, 2.45) is 0 Å². The molecule has 8 heteroatoms. The van der Waals surface area contributed by atoms with Crippen molar-refractivity contribution in [1.82, 2.24) is 0 Å². The molecule has 0 aromatic heterocycles. The molecule has 2 N–H and O–H groups in total. The lowest BCUT2D eigenvalue weighted by Gasteiger charge is -2.12. The zero-order valence-electron chi connectivity index (χ0n) is 12.1. The highest BCUT2D eigenvalue weighted by Crippen LogP contribution is 2.36. The summed E-state index contributed by atoms with van der Waals surface area (Å²) >= 11 is 5.53. The number of carbonyl (C=O) groups is 1. The third-order valence-electron chi connectivity index (χ3n) is 3.05. The number of hydrogen-bond donors (Lipinski definition) is 2. The summed E-state index contributed by atoms with van der Waals surface area (Å²) in [5, 5.41) is 13.6. The Morgan fingerprint density at radius 1 is 1.21 bits per heavy atom. The minimum Gasteiger partial charge on any atom is -0.376 e. The first kappa shape index (κ1) is 17.6. The number of para-hydroxylation sites is 1. The van der Waals surface area contributed by atoms with Crippen LogP contribution in [-0.2, 0) is 11.0 Å². The Labute approximate surface area is 140 Å². The molecule has 0 heterocycles. The van der Waals surface area contributed by atoms with Crippen molar-refractivity contribution in [3.05, 3.63) is 58.6 Å². The van der Waals surface area contributed by atoms with E-state index >= 15 is 0 Å². The van der Waals surface area contributed by atoms with Gasteiger partial charge in [0.15, 0.2) is 0 Å². The molecule has 0 spiro atoms. The van der Waals surface area contributed by atoms with Crippen LogP contribution in [-0.4, -0.2) is 12.5 Å². The molecule has 0 saturated heterocycles. The fourth-order valence-electron chi connectivity index (χ4n) is 1.92. The molecule has 0 bridgehead atoms. The first-order valence-electron chi connectivity index (χ1n) is 6.71. The van der Waals surface area contributed by atoms with E-state index in [1.54, 1.807) is 18.2 Å². The summed E-state index contributed by atoms with van der Waals surface area (Å²) in [7, 11) is 0. The molecule has 0 aliphatic rings. The number of anilines is 2. The third-order valence-corrected chi connectivity index (χ3v) is 3.38. The van der Waals surface area contributed by atoms with Gasteiger partial charge in [-0.15, -0.1) is 0 Å². The molecule has 2 rings (SSSR count). The van der Waals surface area contributed by atoms with Gasteiger partial charge in [0.05, 0.1) is 28.4 Å². The van der Waals surface area contributed by atoms with Crippen molar-refractivity contribution in [3.63, 3.8) is 0 Å². The monoisotopic (exact) mass is 353 g/mol. The lowest BCUT2D eigenvalue weighted by Crippen LogP contribution is -2.22. The first-order valence-corrected chi connectivity index (χ1v) is 7.08. The van der Waals surface area contributed by atoms with Gasteiger partial charge in [0.2, 0.25) is 5.91 Å². The van der Waals surface area contributed by atoms with Crippen LogP contribution in [0.15, 0.2) is 42.5 Å². The molecule has 24 heavy (non-hydrogen) atoms. The van der Waals surface area contributed by atoms with E-state index in [4.69, 9.17) is 16.9 Å². The third kappa shape index (κ3) is 4.40. The summed E-state index contributed by atoms with van der Waals surface area (Å²) in [6.07, 6.45) is -4.58. The standard InChI is InChI=1S/C16H11ClF3N3O/c17-13-6-5-11(7-12(13)16(18,19)20)22-9-15(24)23-14-4-2-1-3-10(14)8-21/h1-7,22H,9H2,(H,23,24). The van der Waals surface area contributed by atoms with E-state index in [1.165, 1.54) is 12.1 Å². The van der Waals surface area contributed by atoms with E-state index < -0.39 is 22.7 Å². The second-order valence-electron chi connectivity index (χ2n) is 4.75. The number of nitrogens with one attached hydrogen (secondary N) is 2. The van der Waals surface area contributed by atoms with Crippen molar-refractivity contribution >= 4 is 28.9 Å². The number of hydrogen-bond acceptors (Lipinski definition) is 3. The Balaban J connectivity index is 2.03. The van der Waals surface area contributed by atoms with Crippen molar-refractivity contribution < 1.29 is 18.0 Å². The normalized spacial score (nSPS) is 10.8. The van der Waals surface area contributed by atoms with Gasteiger partial charge >= 0.3 is 6.18 Å². The van der Waals surface area contributed by atoms with Crippen LogP contribution in [0.5, 0.6) is 0 Å². The number of alkyl halides is 3. The van der Waals surface area contributed by atoms with Crippen molar-refractivity contribution in [1.29, 1.82) is 5.26 Å². The summed E-state index contributed by atoms with van der Waals surface area (Å²) in [4.78, 5) is 11.9. The maximum atomic E-state index is 12.8. The largest absolute Gasteiger partial charge is 0.417 e. The van der Waals surface area contributed by atoms with Gasteiger partial charge in [-0.05, 0) is 30.3 Å². The molecule has 0 aliphatic carbocycles. The zero-order valence-corrected chi connectivity index (χ0v) is 12.9. The summed E-state index contributed by atoms with van der Waals surface area (Å²) in [5.74, 6) is -0.499. The predicted molar refractivity (Wildman–Crippen MR) is 84.7 cm³/mol. The minimum absolute atomic E-state index is 0.107. The van der Waals surface area contributed by atoms with Gasteiger partial charge in [-0.1, -0.05) is 23.7 Å². The molecular weight excluding hydrogens is 343 g/mol. The predicted octanol–water partition coefficient (Wildman–Crippen LogP) is 4.28. The van der Waals surface area contributed by atoms with Gasteiger partial charge in [-0.25, -0.2) is 0 Å². The van der Waals surface area contributed by atoms with E-state index in [0.717, 1.165) is 12.1 Å². The Morgan fingerprint density at radius 3 is 2.58 bits per heavy atom. The van der Waals surface area contributed by atoms with Gasteiger partial charge in [0.1, 0.15) is 6.07 Å². The fraction of sp³-hybridized carbons (Fsp3) is 0.125. The van der Waals surface area contributed by atoms with Crippen LogP contribution in [0.25, 0.3) is 0 Å². The van der Waals surface area contributed by atoms with Crippen LogP contribution in [0, 0.1) is 11.3 Å². The Morgan fingerprint density at radius 2 is 1.92 bits per heavy atom. The molecule has 0 atom stereocenters. The van der Waals surface area contributed by atoms with Crippen molar-refractivity contribution in [2.75, 3.05) is 17.2 Å². The number of benzene rings is 2. The van der Waals surface area contributed by atoms with Gasteiger partial charge in [0.25, 0.3) is 0 Å². The van der Waals surface area contributed by atoms with Gasteiger partial charge in [-0.2, -0.15) is 18.4 Å². The van der Waals surface area contributed by atoms with E-state index in [9.17, 15) is 18.0 Å². The highest BCUT2D eigenvalue weighted by Gasteiger charge is 2.33. The maximum absolute atomic E-state index is 12.8. The molecule has 0 radical (unpaired) electrons. The van der Waals surface area contributed by atoms with E-state index in [1.807, 2.05) is 6.07 Å². The molecule has 0 fully saturated rings. The van der Waals surface area contributed by atoms with Crippen LogP contribution in [0.3, 0.4) is 0 Å². The first-order chi connectivity index (χ1) is 11.3. The molecule has 2 aromatic carbocycles. The van der Waals surface area contributed by atoms with Gasteiger partial charge in [-0.3, -0.25) is 4.79 Å². The molecule has 124 valence electrons. The lowest BCUT2D eigenvalue weighted by atomic mass is 10.2. The number of halogens is 4. The fourth-order valence-corrected chi connectivity index (χ4v) is 2.14. The lowest BCUT2D eigenvalue weighted by molar-refractivity contribution is -0.137. The molecule has 4 nitrogen and oxygen atoms in total. The zero-order chi connectivity index (χ0) is 17.7. The summed E-state index contributed by atoms with van der Waals surface area (Å²) in [5.41, 5.74) is -0.254. The Bertz CT molecular complexity index is 800. The molecule has 1 amide bonds.